The van der Waals surface area contributed by atoms with Crippen LogP contribution in [0, 0.1) is 0 Å². The highest BCUT2D eigenvalue weighted by molar-refractivity contribution is 7.10. The zero-order chi connectivity index (χ0) is 13.5. The van der Waals surface area contributed by atoms with Gasteiger partial charge >= 0.3 is 0 Å². The SMILES string of the molecule is O=C(/C=C/c1ccsc1)NCC[C@@H](O)c1cccs1. The van der Waals surface area contributed by atoms with Crippen LogP contribution in [0.4, 0.5) is 0 Å². The van der Waals surface area contributed by atoms with E-state index in [-0.39, 0.29) is 5.91 Å². The average Bonchev–Trinajstić information content (AvgIpc) is 3.09. The number of carbonyl (C=O) groups is 1. The lowest BCUT2D eigenvalue weighted by Gasteiger charge is -2.08. The quantitative estimate of drug-likeness (QED) is 0.804. The van der Waals surface area contributed by atoms with E-state index in [9.17, 15) is 9.90 Å². The number of hydrogen-bond acceptors (Lipinski definition) is 4. The fraction of sp³-hybridized carbons (Fsp3) is 0.214. The number of amides is 1. The molecule has 0 aliphatic carbocycles. The maximum Gasteiger partial charge on any atom is 0.244 e. The molecule has 1 atom stereocenters. The minimum absolute atomic E-state index is 0.135. The first-order valence-electron chi connectivity index (χ1n) is 5.95. The van der Waals surface area contributed by atoms with E-state index in [4.69, 9.17) is 0 Å². The molecular formula is C14H15NO2S2. The highest BCUT2D eigenvalue weighted by atomic mass is 32.1. The monoisotopic (exact) mass is 293 g/mol. The highest BCUT2D eigenvalue weighted by Crippen LogP contribution is 2.20. The molecule has 1 amide bonds. The smallest absolute Gasteiger partial charge is 0.244 e. The fourth-order valence-corrected chi connectivity index (χ4v) is 2.93. The third-order valence-corrected chi connectivity index (χ3v) is 4.23. The molecule has 2 N–H and O–H groups in total. The molecule has 5 heteroatoms. The van der Waals surface area contributed by atoms with Crippen molar-refractivity contribution in [3.63, 3.8) is 0 Å². The van der Waals surface area contributed by atoms with Crippen LogP contribution in [0.25, 0.3) is 6.08 Å². The van der Waals surface area contributed by atoms with E-state index >= 15 is 0 Å². The Bertz CT molecular complexity index is 518. The van der Waals surface area contributed by atoms with Gasteiger partial charge in [-0.1, -0.05) is 6.07 Å². The Morgan fingerprint density at radius 2 is 2.32 bits per heavy atom. The van der Waals surface area contributed by atoms with Gasteiger partial charge < -0.3 is 10.4 Å². The van der Waals surface area contributed by atoms with Gasteiger partial charge in [0, 0.05) is 17.5 Å². The van der Waals surface area contributed by atoms with Gasteiger partial charge in [0.25, 0.3) is 0 Å². The topological polar surface area (TPSA) is 49.3 Å². The second-order valence-electron chi connectivity index (χ2n) is 4.00. The standard InChI is InChI=1S/C14H15NO2S2/c16-12(13-2-1-8-19-13)5-7-15-14(17)4-3-11-6-9-18-10-11/h1-4,6,8-10,12,16H,5,7H2,(H,15,17)/b4-3+/t12-/m1/s1. The van der Waals surface area contributed by atoms with Crippen LogP contribution in [0.1, 0.15) is 23.0 Å². The van der Waals surface area contributed by atoms with E-state index in [1.54, 1.807) is 17.4 Å². The minimum atomic E-state index is -0.499. The van der Waals surface area contributed by atoms with Crippen molar-refractivity contribution in [2.45, 2.75) is 12.5 Å². The molecule has 0 unspecified atom stereocenters. The molecule has 0 bridgehead atoms. The Morgan fingerprint density at radius 1 is 1.42 bits per heavy atom. The van der Waals surface area contributed by atoms with Gasteiger partial charge in [0.15, 0.2) is 0 Å². The van der Waals surface area contributed by atoms with Gasteiger partial charge in [-0.2, -0.15) is 11.3 Å². The predicted octanol–water partition coefficient (Wildman–Crippen LogP) is 3.06. The first kappa shape index (κ1) is 14.0. The Hall–Kier alpha value is -1.43. The molecule has 0 saturated heterocycles. The Balaban J connectivity index is 1.69. The molecule has 2 rings (SSSR count). The van der Waals surface area contributed by atoms with Gasteiger partial charge in [-0.25, -0.2) is 0 Å². The summed E-state index contributed by atoms with van der Waals surface area (Å²) in [7, 11) is 0. The number of aliphatic hydroxyl groups excluding tert-OH is 1. The first-order valence-corrected chi connectivity index (χ1v) is 7.77. The Morgan fingerprint density at radius 3 is 3.00 bits per heavy atom. The van der Waals surface area contributed by atoms with Crippen LogP contribution >= 0.6 is 22.7 Å². The van der Waals surface area contributed by atoms with Crippen molar-refractivity contribution in [1.29, 1.82) is 0 Å². The maximum atomic E-state index is 11.5. The van der Waals surface area contributed by atoms with Crippen LogP contribution in [0.5, 0.6) is 0 Å². The molecule has 0 aromatic carbocycles. The molecule has 2 aromatic rings. The molecule has 0 saturated carbocycles. The number of hydrogen-bond donors (Lipinski definition) is 2. The molecule has 0 aliphatic rings. The van der Waals surface area contributed by atoms with Crippen molar-refractivity contribution >= 4 is 34.7 Å². The van der Waals surface area contributed by atoms with E-state index in [0.29, 0.717) is 13.0 Å². The molecule has 0 spiro atoms. The van der Waals surface area contributed by atoms with Gasteiger partial charge in [-0.15, -0.1) is 11.3 Å². The summed E-state index contributed by atoms with van der Waals surface area (Å²) in [4.78, 5) is 12.5. The van der Waals surface area contributed by atoms with Crippen molar-refractivity contribution in [3.05, 3.63) is 50.9 Å². The fourth-order valence-electron chi connectivity index (χ4n) is 1.56. The zero-order valence-corrected chi connectivity index (χ0v) is 11.9. The van der Waals surface area contributed by atoms with Crippen LogP contribution in [-0.4, -0.2) is 17.6 Å². The third-order valence-electron chi connectivity index (χ3n) is 2.56. The summed E-state index contributed by atoms with van der Waals surface area (Å²) in [6.07, 6.45) is 3.32. The number of rotatable bonds is 6. The molecule has 2 aromatic heterocycles. The van der Waals surface area contributed by atoms with Crippen LogP contribution in [0.3, 0.4) is 0 Å². The maximum absolute atomic E-state index is 11.5. The lowest BCUT2D eigenvalue weighted by atomic mass is 10.2. The van der Waals surface area contributed by atoms with E-state index in [1.165, 1.54) is 17.4 Å². The van der Waals surface area contributed by atoms with Gasteiger partial charge in [0.05, 0.1) is 6.10 Å². The van der Waals surface area contributed by atoms with Crippen molar-refractivity contribution in [2.24, 2.45) is 0 Å². The number of carbonyl (C=O) groups excluding carboxylic acids is 1. The summed E-state index contributed by atoms with van der Waals surface area (Å²) in [5.74, 6) is -0.135. The summed E-state index contributed by atoms with van der Waals surface area (Å²) >= 11 is 3.12. The van der Waals surface area contributed by atoms with Gasteiger partial charge in [-0.05, 0) is 46.3 Å². The molecule has 100 valence electrons. The Kier molecular flexibility index (Phi) is 5.32. The van der Waals surface area contributed by atoms with Crippen molar-refractivity contribution < 1.29 is 9.90 Å². The first-order chi connectivity index (χ1) is 9.25. The van der Waals surface area contributed by atoms with Crippen molar-refractivity contribution in [2.75, 3.05) is 6.54 Å². The van der Waals surface area contributed by atoms with Crippen LogP contribution in [0.15, 0.2) is 40.4 Å². The minimum Gasteiger partial charge on any atom is -0.388 e. The van der Waals surface area contributed by atoms with E-state index in [0.717, 1.165) is 10.4 Å². The summed E-state index contributed by atoms with van der Waals surface area (Å²) in [5, 5.41) is 18.5. The molecular weight excluding hydrogens is 278 g/mol. The second kappa shape index (κ2) is 7.23. The van der Waals surface area contributed by atoms with Crippen LogP contribution in [-0.2, 0) is 4.79 Å². The van der Waals surface area contributed by atoms with Crippen LogP contribution < -0.4 is 5.32 Å². The Labute approximate surface area is 120 Å². The molecule has 0 fully saturated rings. The van der Waals surface area contributed by atoms with Gasteiger partial charge in [0.2, 0.25) is 5.91 Å². The highest BCUT2D eigenvalue weighted by Gasteiger charge is 2.08. The summed E-state index contributed by atoms with van der Waals surface area (Å²) in [6.45, 7) is 0.464. The number of aliphatic hydroxyl groups is 1. The average molecular weight is 293 g/mol. The molecule has 0 aliphatic heterocycles. The van der Waals surface area contributed by atoms with E-state index in [2.05, 4.69) is 5.32 Å². The van der Waals surface area contributed by atoms with E-state index < -0.39 is 6.10 Å². The van der Waals surface area contributed by atoms with Gasteiger partial charge in [-0.3, -0.25) is 4.79 Å². The predicted molar refractivity (Wildman–Crippen MR) is 80.3 cm³/mol. The normalized spacial score (nSPS) is 12.7. The van der Waals surface area contributed by atoms with Crippen molar-refractivity contribution in [1.82, 2.24) is 5.32 Å². The second-order valence-corrected chi connectivity index (χ2v) is 5.76. The van der Waals surface area contributed by atoms with Crippen molar-refractivity contribution in [3.8, 4) is 0 Å². The summed E-state index contributed by atoms with van der Waals surface area (Å²) in [6, 6.07) is 5.76. The molecule has 3 nitrogen and oxygen atoms in total. The lowest BCUT2D eigenvalue weighted by Crippen LogP contribution is -2.23. The zero-order valence-electron chi connectivity index (χ0n) is 10.3. The van der Waals surface area contributed by atoms with Crippen LogP contribution in [0.2, 0.25) is 0 Å². The summed E-state index contributed by atoms with van der Waals surface area (Å²) in [5.41, 5.74) is 1.03. The largest absolute Gasteiger partial charge is 0.388 e. The number of thiophene rings is 2. The molecule has 0 radical (unpaired) electrons. The van der Waals surface area contributed by atoms with Gasteiger partial charge in [0.1, 0.15) is 0 Å². The summed E-state index contributed by atoms with van der Waals surface area (Å²) < 4.78 is 0. The lowest BCUT2D eigenvalue weighted by molar-refractivity contribution is -0.116. The number of nitrogens with one attached hydrogen (secondary N) is 1. The molecule has 2 heterocycles. The molecule has 19 heavy (non-hydrogen) atoms. The van der Waals surface area contributed by atoms with E-state index in [1.807, 2.05) is 34.3 Å². The third kappa shape index (κ3) is 4.63.